The molecule has 1 aliphatic heterocycles. The molecule has 11 nitrogen and oxygen atoms in total. The number of carbonyl (C=O) groups is 3. The maximum absolute atomic E-state index is 13.6. The van der Waals surface area contributed by atoms with Gasteiger partial charge in [0, 0.05) is 44.8 Å². The number of hydrogen-bond acceptors (Lipinski definition) is 9. The van der Waals surface area contributed by atoms with E-state index in [0.717, 1.165) is 11.3 Å². The van der Waals surface area contributed by atoms with E-state index in [1.165, 1.54) is 16.6 Å². The van der Waals surface area contributed by atoms with Crippen LogP contribution >= 0.6 is 11.3 Å². The van der Waals surface area contributed by atoms with Crippen LogP contribution < -0.4 is 15.5 Å². The number of nitrogens with zero attached hydrogens (tertiary/aromatic N) is 6. The lowest BCUT2D eigenvalue weighted by Gasteiger charge is -2.36. The summed E-state index contributed by atoms with van der Waals surface area (Å²) >= 11 is 1.14. The Bertz CT molecular complexity index is 1230. The Hall–Kier alpha value is -4.06. The van der Waals surface area contributed by atoms with Gasteiger partial charge in [-0.25, -0.2) is 14.8 Å². The van der Waals surface area contributed by atoms with E-state index in [1.54, 1.807) is 41.6 Å². The Labute approximate surface area is 212 Å². The van der Waals surface area contributed by atoms with E-state index in [2.05, 4.69) is 15.0 Å². The Morgan fingerprint density at radius 3 is 2.31 bits per heavy atom. The number of thiazole rings is 1. The van der Waals surface area contributed by atoms with Gasteiger partial charge < -0.3 is 20.3 Å². The maximum atomic E-state index is 13.6. The summed E-state index contributed by atoms with van der Waals surface area (Å²) in [6.45, 7) is 7.72. The zero-order valence-corrected chi connectivity index (χ0v) is 21.1. The molecule has 0 aromatic carbocycles. The second-order valence-electron chi connectivity index (χ2n) is 9.08. The third-order valence-corrected chi connectivity index (χ3v) is 6.17. The van der Waals surface area contributed by atoms with Crippen molar-refractivity contribution in [2.75, 3.05) is 36.0 Å². The van der Waals surface area contributed by atoms with E-state index in [1.807, 2.05) is 25.7 Å². The number of nitrogens with two attached hydrogens (primary N) is 1. The fraction of sp³-hybridized carbons (Fsp3) is 0.333. The molecule has 0 atom stereocenters. The molecule has 188 valence electrons. The standard InChI is InChI=1S/C24H27N7O4S/c1-24(2,3)35-23(34)30-12-10-29(11-13-30)18-5-4-16(14-27-18)21(33)31(17-6-8-26-9-7-17)22-19(20(25)32)28-15-36-22/h4-9,14-15H,10-13H2,1-3H3,(H2,25,32). The zero-order valence-electron chi connectivity index (χ0n) is 20.2. The third-order valence-electron chi connectivity index (χ3n) is 5.36. The number of piperazine rings is 1. The van der Waals surface area contributed by atoms with Crippen LogP contribution in [0.1, 0.15) is 41.6 Å². The van der Waals surface area contributed by atoms with Gasteiger partial charge >= 0.3 is 6.09 Å². The number of ether oxygens (including phenoxy) is 1. The molecule has 12 heteroatoms. The molecule has 0 spiro atoms. The SMILES string of the molecule is CC(C)(C)OC(=O)N1CCN(c2ccc(C(=O)N(c3ccncc3)c3scnc3C(N)=O)cn2)CC1. The van der Waals surface area contributed by atoms with Gasteiger partial charge in [0.2, 0.25) is 0 Å². The molecule has 0 saturated carbocycles. The monoisotopic (exact) mass is 509 g/mol. The highest BCUT2D eigenvalue weighted by Gasteiger charge is 2.28. The number of primary amides is 1. The number of aromatic nitrogens is 3. The summed E-state index contributed by atoms with van der Waals surface area (Å²) < 4.78 is 5.45. The van der Waals surface area contributed by atoms with Crippen molar-refractivity contribution in [2.24, 2.45) is 5.73 Å². The minimum atomic E-state index is -0.725. The van der Waals surface area contributed by atoms with E-state index in [0.29, 0.717) is 48.2 Å². The molecular weight excluding hydrogens is 482 g/mol. The van der Waals surface area contributed by atoms with E-state index in [9.17, 15) is 14.4 Å². The van der Waals surface area contributed by atoms with Gasteiger partial charge in [0.05, 0.1) is 16.8 Å². The van der Waals surface area contributed by atoms with Crippen LogP contribution in [0.15, 0.2) is 48.4 Å². The van der Waals surface area contributed by atoms with Crippen LogP contribution in [0.2, 0.25) is 0 Å². The minimum absolute atomic E-state index is 0.0117. The highest BCUT2D eigenvalue weighted by Crippen LogP contribution is 2.33. The largest absolute Gasteiger partial charge is 0.444 e. The Balaban J connectivity index is 1.50. The zero-order chi connectivity index (χ0) is 25.9. The first-order valence-electron chi connectivity index (χ1n) is 11.3. The second kappa shape index (κ2) is 10.3. The van der Waals surface area contributed by atoms with Crippen molar-refractivity contribution in [3.8, 4) is 0 Å². The fourth-order valence-electron chi connectivity index (χ4n) is 3.66. The first-order valence-corrected chi connectivity index (χ1v) is 12.2. The molecule has 1 saturated heterocycles. The highest BCUT2D eigenvalue weighted by atomic mass is 32.1. The first kappa shape index (κ1) is 25.0. The van der Waals surface area contributed by atoms with Crippen LogP contribution in [0.25, 0.3) is 0 Å². The Morgan fingerprint density at radius 1 is 1.03 bits per heavy atom. The molecule has 3 amide bonds. The normalized spacial score (nSPS) is 13.9. The first-order chi connectivity index (χ1) is 17.1. The minimum Gasteiger partial charge on any atom is -0.444 e. The average molecular weight is 510 g/mol. The number of amides is 3. The molecule has 1 fully saturated rings. The molecule has 1 aliphatic rings. The molecule has 4 rings (SSSR count). The number of hydrogen-bond donors (Lipinski definition) is 1. The Kier molecular flexibility index (Phi) is 7.15. The second-order valence-corrected chi connectivity index (χ2v) is 9.91. The Morgan fingerprint density at radius 2 is 1.72 bits per heavy atom. The highest BCUT2D eigenvalue weighted by molar-refractivity contribution is 7.14. The van der Waals surface area contributed by atoms with Gasteiger partial charge in [-0.15, -0.1) is 11.3 Å². The van der Waals surface area contributed by atoms with Crippen molar-refractivity contribution in [3.05, 3.63) is 59.6 Å². The van der Waals surface area contributed by atoms with Gasteiger partial charge in [0.1, 0.15) is 16.4 Å². The van der Waals surface area contributed by atoms with E-state index >= 15 is 0 Å². The predicted molar refractivity (Wildman–Crippen MR) is 136 cm³/mol. The molecule has 0 bridgehead atoms. The van der Waals surface area contributed by atoms with Crippen LogP contribution in [0.4, 0.5) is 21.3 Å². The van der Waals surface area contributed by atoms with Crippen molar-refractivity contribution in [1.82, 2.24) is 19.9 Å². The molecule has 0 unspecified atom stereocenters. The fourth-order valence-corrected chi connectivity index (χ4v) is 4.48. The van der Waals surface area contributed by atoms with Gasteiger partial charge in [-0.05, 0) is 45.0 Å². The summed E-state index contributed by atoms with van der Waals surface area (Å²) in [5.74, 6) is -0.416. The van der Waals surface area contributed by atoms with Crippen LogP contribution in [-0.2, 0) is 4.74 Å². The van der Waals surface area contributed by atoms with Gasteiger partial charge in [-0.3, -0.25) is 19.5 Å². The summed E-state index contributed by atoms with van der Waals surface area (Å²) in [6.07, 6.45) is 4.28. The molecule has 2 N–H and O–H groups in total. The van der Waals surface area contributed by atoms with Gasteiger partial charge in [0.15, 0.2) is 5.69 Å². The lowest BCUT2D eigenvalue weighted by atomic mass is 10.2. The van der Waals surface area contributed by atoms with E-state index < -0.39 is 11.5 Å². The summed E-state index contributed by atoms with van der Waals surface area (Å²) in [6, 6.07) is 6.77. The van der Waals surface area contributed by atoms with Crippen molar-refractivity contribution < 1.29 is 19.1 Å². The summed E-state index contributed by atoms with van der Waals surface area (Å²) in [7, 11) is 0. The number of pyridine rings is 2. The smallest absolute Gasteiger partial charge is 0.410 e. The maximum Gasteiger partial charge on any atom is 0.410 e. The van der Waals surface area contributed by atoms with Crippen LogP contribution in [-0.4, -0.2) is 69.5 Å². The number of rotatable bonds is 5. The third kappa shape index (κ3) is 5.60. The summed E-state index contributed by atoms with van der Waals surface area (Å²) in [5.41, 5.74) is 7.26. The van der Waals surface area contributed by atoms with Gasteiger partial charge in [0.25, 0.3) is 11.8 Å². The molecule has 36 heavy (non-hydrogen) atoms. The van der Waals surface area contributed by atoms with E-state index in [-0.39, 0.29) is 17.7 Å². The molecule has 3 aromatic heterocycles. The molecule has 4 heterocycles. The van der Waals surface area contributed by atoms with Crippen molar-refractivity contribution in [2.45, 2.75) is 26.4 Å². The lowest BCUT2D eigenvalue weighted by Crippen LogP contribution is -2.50. The average Bonchev–Trinajstić information content (AvgIpc) is 3.34. The lowest BCUT2D eigenvalue weighted by molar-refractivity contribution is 0.0240. The molecular formula is C24H27N7O4S. The summed E-state index contributed by atoms with van der Waals surface area (Å²) in [4.78, 5) is 55.4. The van der Waals surface area contributed by atoms with Gasteiger partial charge in [-0.2, -0.15) is 0 Å². The predicted octanol–water partition coefficient (Wildman–Crippen LogP) is 3.07. The van der Waals surface area contributed by atoms with Crippen LogP contribution in [0.3, 0.4) is 0 Å². The molecule has 3 aromatic rings. The molecule has 0 aliphatic carbocycles. The van der Waals surface area contributed by atoms with Crippen LogP contribution in [0.5, 0.6) is 0 Å². The van der Waals surface area contributed by atoms with Crippen LogP contribution in [0, 0.1) is 0 Å². The van der Waals surface area contributed by atoms with Crippen molar-refractivity contribution >= 4 is 45.8 Å². The topological polar surface area (TPSA) is 135 Å². The number of carbonyl (C=O) groups excluding carboxylic acids is 3. The summed E-state index contributed by atoms with van der Waals surface area (Å²) in [5, 5.41) is 0.320. The molecule has 0 radical (unpaired) electrons. The quantitative estimate of drug-likeness (QED) is 0.554. The van der Waals surface area contributed by atoms with E-state index in [4.69, 9.17) is 10.5 Å². The van der Waals surface area contributed by atoms with Crippen molar-refractivity contribution in [1.29, 1.82) is 0 Å². The van der Waals surface area contributed by atoms with Crippen molar-refractivity contribution in [3.63, 3.8) is 0 Å². The number of anilines is 3. The van der Waals surface area contributed by atoms with Gasteiger partial charge in [-0.1, -0.05) is 0 Å².